The maximum atomic E-state index is 13.9. The van der Waals surface area contributed by atoms with Crippen molar-refractivity contribution in [1.82, 2.24) is 30.7 Å². The van der Waals surface area contributed by atoms with Gasteiger partial charge in [-0.2, -0.15) is 0 Å². The number of Topliss-reactive ketones (excluding diaryl/α,β-unsaturated/α-hetero) is 2. The molecule has 5 N–H and O–H groups in total. The molecule has 3 aliphatic carbocycles. The first-order valence-corrected chi connectivity index (χ1v) is 29.5. The fraction of sp³-hybridized carbons (Fsp3) is 0.694. The number of nitrogens with two attached hydrogens (primary N) is 1. The number of hydrogen-bond acceptors (Lipinski definition) is 9. The molecule has 0 radical (unpaired) electrons. The lowest BCUT2D eigenvalue weighted by Crippen LogP contribution is -2.62. The third-order valence-electron chi connectivity index (χ3n) is 18.2. The van der Waals surface area contributed by atoms with Gasteiger partial charge in [-0.05, 0) is 132 Å². The molecule has 3 aliphatic heterocycles. The van der Waals surface area contributed by atoms with Gasteiger partial charge in [-0.1, -0.05) is 103 Å². The van der Waals surface area contributed by atoms with Gasteiger partial charge in [0.1, 0.15) is 41.3 Å². The Balaban J connectivity index is 0.000000277. The van der Waals surface area contributed by atoms with Crippen molar-refractivity contribution < 1.29 is 42.3 Å². The van der Waals surface area contributed by atoms with Crippen LogP contribution in [0.1, 0.15) is 175 Å². The van der Waals surface area contributed by atoms with E-state index in [1.807, 2.05) is 18.7 Å². The molecule has 3 saturated carbocycles. The summed E-state index contributed by atoms with van der Waals surface area (Å²) in [6.07, 6.45) is 19.7. The molecule has 16 heteroatoms. The van der Waals surface area contributed by atoms with Gasteiger partial charge in [-0.15, -0.1) is 0 Å². The maximum absolute atomic E-state index is 13.9. The summed E-state index contributed by atoms with van der Waals surface area (Å²) in [4.78, 5) is 97.3. The molecule has 6 fully saturated rings. The minimum Gasteiger partial charge on any atom is -0.344 e. The average molecular weight is 1090 g/mol. The van der Waals surface area contributed by atoms with Crippen LogP contribution in [0.5, 0.6) is 0 Å². The number of halogens is 2. The summed E-state index contributed by atoms with van der Waals surface area (Å²) in [5, 5.41) is 9.12. The second kappa shape index (κ2) is 30.5. The zero-order valence-electron chi connectivity index (χ0n) is 47.0. The van der Waals surface area contributed by atoms with Crippen molar-refractivity contribution >= 4 is 41.1 Å². The van der Waals surface area contributed by atoms with Crippen LogP contribution in [0.15, 0.2) is 48.5 Å². The third kappa shape index (κ3) is 16.5. The number of rotatable bonds is 15. The van der Waals surface area contributed by atoms with Crippen molar-refractivity contribution in [1.29, 1.82) is 0 Å². The Morgan fingerprint density at radius 2 is 0.936 bits per heavy atom. The van der Waals surface area contributed by atoms with Crippen LogP contribution in [0.3, 0.4) is 0 Å². The van der Waals surface area contributed by atoms with Gasteiger partial charge in [0.2, 0.25) is 29.5 Å². The van der Waals surface area contributed by atoms with Gasteiger partial charge >= 0.3 is 0 Å². The van der Waals surface area contributed by atoms with Crippen molar-refractivity contribution in [2.24, 2.45) is 34.3 Å². The average Bonchev–Trinajstić information content (AvgIpc) is 3.50. The zero-order chi connectivity index (χ0) is 55.7. The summed E-state index contributed by atoms with van der Waals surface area (Å²) in [5.74, 6) is -0.385. The van der Waals surface area contributed by atoms with Crippen LogP contribution in [0.2, 0.25) is 0 Å². The molecular weight excluding hydrogens is 993 g/mol. The number of nitrogens with zero attached hydrogens (tertiary/aromatic N) is 3. The first-order chi connectivity index (χ1) is 37.0. The van der Waals surface area contributed by atoms with Crippen LogP contribution in [0.25, 0.3) is 0 Å². The smallest absolute Gasteiger partial charge is 0.245 e. The lowest BCUT2D eigenvalue weighted by molar-refractivity contribution is -0.144. The first kappa shape index (κ1) is 63.7. The molecule has 434 valence electrons. The van der Waals surface area contributed by atoms with Crippen molar-refractivity contribution in [3.63, 3.8) is 0 Å². The minimum absolute atomic E-state index is 0. The summed E-state index contributed by atoms with van der Waals surface area (Å²) in [6, 6.07) is 9.18. The maximum Gasteiger partial charge on any atom is 0.245 e. The summed E-state index contributed by atoms with van der Waals surface area (Å²) in [5.41, 5.74) is 6.62. The van der Waals surface area contributed by atoms with E-state index in [1.54, 1.807) is 54.8 Å². The Morgan fingerprint density at radius 3 is 1.31 bits per heavy atom. The van der Waals surface area contributed by atoms with E-state index in [4.69, 9.17) is 5.73 Å². The van der Waals surface area contributed by atoms with Crippen molar-refractivity contribution in [3.05, 3.63) is 71.3 Å². The number of piperazine rings is 1. The molecular formula is C62H95F2N7O7. The number of amides is 5. The van der Waals surface area contributed by atoms with Gasteiger partial charge in [0.05, 0.1) is 6.04 Å². The summed E-state index contributed by atoms with van der Waals surface area (Å²) in [7, 11) is 0. The number of piperidine rings is 2. The number of benzene rings is 2. The fourth-order valence-electron chi connectivity index (χ4n) is 13.6. The monoisotopic (exact) mass is 1090 g/mol. The fourth-order valence-corrected chi connectivity index (χ4v) is 13.6. The van der Waals surface area contributed by atoms with Gasteiger partial charge in [-0.25, -0.2) is 8.78 Å². The molecule has 3 saturated heterocycles. The molecule has 2 aromatic rings. The molecule has 3 heterocycles. The third-order valence-corrected chi connectivity index (χ3v) is 18.2. The second-order valence-electron chi connectivity index (χ2n) is 22.9. The number of ketones is 2. The van der Waals surface area contributed by atoms with E-state index >= 15 is 0 Å². The Bertz CT molecular complexity index is 2260. The lowest BCUT2D eigenvalue weighted by atomic mass is 9.62. The number of likely N-dealkylation sites (tertiary alicyclic amines) is 2. The van der Waals surface area contributed by atoms with Gasteiger partial charge in [-0.3, -0.25) is 33.6 Å². The summed E-state index contributed by atoms with van der Waals surface area (Å²) >= 11 is 0. The van der Waals surface area contributed by atoms with Gasteiger partial charge in [0, 0.05) is 75.4 Å². The topological polar surface area (TPSA) is 191 Å². The van der Waals surface area contributed by atoms with Crippen LogP contribution >= 0.6 is 0 Å². The molecule has 2 aromatic carbocycles. The van der Waals surface area contributed by atoms with Crippen LogP contribution in [-0.2, 0) is 46.4 Å². The minimum atomic E-state index is -0.862. The van der Waals surface area contributed by atoms with Crippen LogP contribution in [0.4, 0.5) is 8.78 Å². The highest BCUT2D eigenvalue weighted by Gasteiger charge is 2.48. The van der Waals surface area contributed by atoms with Gasteiger partial charge < -0.3 is 36.4 Å². The Labute approximate surface area is 464 Å². The normalized spacial score (nSPS) is 22.1. The summed E-state index contributed by atoms with van der Waals surface area (Å²) < 4.78 is 27.0. The van der Waals surface area contributed by atoms with Crippen molar-refractivity contribution in [2.75, 3.05) is 45.8 Å². The van der Waals surface area contributed by atoms with Crippen molar-refractivity contribution in [2.45, 2.75) is 201 Å². The quantitative estimate of drug-likeness (QED) is 0.135. The van der Waals surface area contributed by atoms with E-state index in [0.717, 1.165) is 81.8 Å². The van der Waals surface area contributed by atoms with E-state index < -0.39 is 24.2 Å². The molecule has 0 spiro atoms. The molecule has 4 atom stereocenters. The number of carbonyl (C=O) groups is 7. The Morgan fingerprint density at radius 1 is 0.564 bits per heavy atom. The molecule has 8 rings (SSSR count). The lowest BCUT2D eigenvalue weighted by Gasteiger charge is -2.47. The van der Waals surface area contributed by atoms with Crippen LogP contribution < -0.4 is 21.7 Å². The van der Waals surface area contributed by atoms with E-state index in [0.29, 0.717) is 83.2 Å². The molecule has 6 aliphatic rings. The summed E-state index contributed by atoms with van der Waals surface area (Å²) in [6.45, 7) is 12.1. The number of carbonyl (C=O) groups excluding carboxylic acids is 7. The highest BCUT2D eigenvalue weighted by atomic mass is 19.1. The van der Waals surface area contributed by atoms with E-state index in [9.17, 15) is 42.3 Å². The Kier molecular flexibility index (Phi) is 24.9. The van der Waals surface area contributed by atoms with E-state index in [2.05, 4.69) is 16.0 Å². The molecule has 14 nitrogen and oxygen atoms in total. The highest BCUT2D eigenvalue weighted by Crippen LogP contribution is 2.48. The highest BCUT2D eigenvalue weighted by molar-refractivity contribution is 5.92. The largest absolute Gasteiger partial charge is 0.344 e. The molecule has 0 unspecified atom stereocenters. The Hall–Kier alpha value is -5.09. The zero-order valence-corrected chi connectivity index (χ0v) is 47.0. The van der Waals surface area contributed by atoms with Crippen LogP contribution in [0, 0.1) is 40.2 Å². The van der Waals surface area contributed by atoms with E-state index in [-0.39, 0.29) is 89.9 Å². The molecule has 0 aromatic heterocycles. The SMILES string of the molecule is C.CC.CC(=O)C1(C2CCCCC2)CCN(C(=O)[C@@H](Cc2ccc(F)cc2)NC(=O)C2CCCCC2)CC1.CC(=O)C1(C2CCCCC2)CCN(C(=O)[C@@H](Cc2ccc(F)cc2)NC(=O)[C@@H]2CN(C(=O)[C@@H](C)N)CCN2)CC1. The van der Waals surface area contributed by atoms with Gasteiger partial charge in [0.15, 0.2) is 0 Å². The standard InChI is InChI=1S/C30H44FN5O4.C29H41FN2O3.C2H6.CH4/c1-20(32)28(39)36-17-14-33-26(19-36)27(38)34-25(18-22-8-10-24(31)11-9-22)29(40)35-15-12-30(13-16-35,21(2)37)23-6-4-3-5-7-23;1-21(33)29(24-10-6-3-7-11-24)16-18-32(19-17-29)28(35)26(20-22-12-14-25(30)15-13-22)31-27(34)23-8-4-2-5-9-23;1-2;/h8-11,20,23,25-26,33H,3-7,12-19,32H2,1-2H3,(H,34,38);12-15,23-24,26H,2-11,16-20H2,1H3,(H,31,34);1-2H3;1H4/t20-,25-,26+;26-;;/m11../s1. The number of hydrogen-bond donors (Lipinski definition) is 4. The molecule has 78 heavy (non-hydrogen) atoms. The predicted molar refractivity (Wildman–Crippen MR) is 302 cm³/mol. The van der Waals surface area contributed by atoms with Crippen molar-refractivity contribution in [3.8, 4) is 0 Å². The van der Waals surface area contributed by atoms with Gasteiger partial charge in [0.25, 0.3) is 0 Å². The first-order valence-electron chi connectivity index (χ1n) is 29.5. The number of nitrogens with one attached hydrogen (secondary N) is 3. The molecule has 5 amide bonds. The van der Waals surface area contributed by atoms with Crippen LogP contribution in [-0.4, -0.2) is 126 Å². The predicted octanol–water partition coefficient (Wildman–Crippen LogP) is 8.65. The van der Waals surface area contributed by atoms with E-state index in [1.165, 1.54) is 49.9 Å². The molecule has 0 bridgehead atoms. The second-order valence-corrected chi connectivity index (χ2v) is 22.9.